The van der Waals surface area contributed by atoms with Gasteiger partial charge in [0.25, 0.3) is 20.2 Å². The van der Waals surface area contributed by atoms with Crippen LogP contribution in [0.5, 0.6) is 0 Å². The van der Waals surface area contributed by atoms with E-state index in [0.717, 1.165) is 0 Å². The number of aliphatic carboxylic acids is 1. The molecule has 0 atom stereocenters. The molecule has 3 N–H and O–H groups in total. The Morgan fingerprint density at radius 1 is 0.623 bits per heavy atom. The molecule has 77 heavy (non-hydrogen) atoms. The monoisotopic (exact) mass is 1180 g/mol. The number of unbranched alkanes of at least 4 members (excludes halogenated alkanes) is 2. The van der Waals surface area contributed by atoms with Crippen molar-refractivity contribution in [1.29, 1.82) is 0 Å². The number of rotatable bonds is 28. The highest BCUT2D eigenvalue weighted by Crippen LogP contribution is 2.51. The van der Waals surface area contributed by atoms with Crippen LogP contribution in [-0.4, -0.2) is 139 Å². The Hall–Kier alpha value is -5.49. The molecule has 0 fully saturated rings. The van der Waals surface area contributed by atoms with Gasteiger partial charge in [0.05, 0.1) is 32.6 Å². The van der Waals surface area contributed by atoms with Crippen LogP contribution in [0.2, 0.25) is 0 Å². The molecule has 0 radical (unpaired) electrons. The SMILES string of the molecule is C.CCCC(=O)c1cc(C(=O)CCC)c2c(c1)N(CCCS(=O)(=O)[O-])C(=CC=CC1=[N+](CCCCCC(=O)O)c3cc(C(=O)CCCS(=O)(=O)O)cc(C(=O)CCCS(=O)(=O)O)c3C1(C)C)C2(C)C.O=S(=O)=O.O=S(=O)=O. The number of hydrogen-bond donors (Lipinski definition) is 3. The van der Waals surface area contributed by atoms with E-state index in [9.17, 15) is 68.0 Å². The number of allylic oxidation sites excluding steroid dienone is 4. The molecule has 23 nitrogen and oxygen atoms in total. The maximum absolute atomic E-state index is 14.1. The average molecular weight is 1180 g/mol. The number of anilines is 1. The van der Waals surface area contributed by atoms with Crippen LogP contribution < -0.4 is 4.90 Å². The third kappa shape index (κ3) is 21.7. The second-order valence-corrected chi connectivity index (χ2v) is 24.4. The zero-order valence-corrected chi connectivity index (χ0v) is 47.0. The fraction of sp³-hybridized carbons (Fsp3) is 0.551. The van der Waals surface area contributed by atoms with E-state index in [1.165, 1.54) is 6.07 Å². The first kappa shape index (κ1) is 69.5. The van der Waals surface area contributed by atoms with Gasteiger partial charge in [-0.2, -0.15) is 21.4 Å². The number of nitrogens with zero attached hydrogens (tertiary/aromatic N) is 2. The van der Waals surface area contributed by atoms with Gasteiger partial charge in [-0.05, 0) is 88.6 Å². The summed E-state index contributed by atoms with van der Waals surface area (Å²) in [5.41, 5.74) is 2.34. The van der Waals surface area contributed by atoms with Gasteiger partial charge in [-0.15, -0.1) is 25.3 Å². The van der Waals surface area contributed by atoms with Crippen molar-refractivity contribution in [1.82, 2.24) is 0 Å². The van der Waals surface area contributed by atoms with Crippen LogP contribution in [0.1, 0.15) is 185 Å². The molecule has 0 aromatic heterocycles. The zero-order valence-electron chi connectivity index (χ0n) is 42.9. The highest BCUT2D eigenvalue weighted by atomic mass is 32.2. The molecule has 0 bridgehead atoms. The van der Waals surface area contributed by atoms with E-state index >= 15 is 0 Å². The maximum Gasteiger partial charge on any atom is 0.425 e. The first-order valence-corrected chi connectivity index (χ1v) is 30.7. The molecule has 2 heterocycles. The van der Waals surface area contributed by atoms with Crippen molar-refractivity contribution in [3.05, 3.63) is 81.6 Å². The third-order valence-electron chi connectivity index (χ3n) is 12.3. The van der Waals surface area contributed by atoms with Crippen molar-refractivity contribution in [2.75, 3.05) is 35.2 Å². The first-order chi connectivity index (χ1) is 35.0. The van der Waals surface area contributed by atoms with E-state index in [-0.39, 0.29) is 94.6 Å². The lowest BCUT2D eigenvalue weighted by Gasteiger charge is -2.27. The summed E-state index contributed by atoms with van der Waals surface area (Å²) in [6.07, 6.45) is 7.07. The molecule has 28 heteroatoms. The van der Waals surface area contributed by atoms with E-state index in [1.807, 2.05) is 57.1 Å². The van der Waals surface area contributed by atoms with E-state index in [2.05, 4.69) is 0 Å². The van der Waals surface area contributed by atoms with Crippen molar-refractivity contribution in [3.63, 3.8) is 0 Å². The van der Waals surface area contributed by atoms with Crippen LogP contribution in [0.4, 0.5) is 11.4 Å². The predicted octanol–water partition coefficient (Wildman–Crippen LogP) is 6.18. The topological polar surface area (TPSA) is 380 Å². The molecule has 0 amide bonds. The summed E-state index contributed by atoms with van der Waals surface area (Å²) in [7, 11) is -19.6. The molecule has 430 valence electrons. The molecule has 0 saturated heterocycles. The fourth-order valence-corrected chi connectivity index (χ4v) is 10.7. The molecule has 0 aliphatic carbocycles. The zero-order chi connectivity index (χ0) is 58.1. The van der Waals surface area contributed by atoms with Gasteiger partial charge < -0.3 is 14.6 Å². The van der Waals surface area contributed by atoms with Gasteiger partial charge in [0, 0.05) is 102 Å². The van der Waals surface area contributed by atoms with E-state index in [1.54, 1.807) is 30.4 Å². The quantitative estimate of drug-likeness (QED) is 0.0370. The maximum atomic E-state index is 14.1. The van der Waals surface area contributed by atoms with Crippen molar-refractivity contribution >= 4 is 97.8 Å². The van der Waals surface area contributed by atoms with E-state index in [4.69, 9.17) is 25.3 Å². The smallest absolute Gasteiger partial charge is 0.425 e. The van der Waals surface area contributed by atoms with Crippen molar-refractivity contribution in [3.8, 4) is 0 Å². The largest absolute Gasteiger partial charge is 0.748 e. The number of carboxylic acids is 1. The van der Waals surface area contributed by atoms with Crippen LogP contribution >= 0.6 is 0 Å². The summed E-state index contributed by atoms with van der Waals surface area (Å²) in [6, 6.07) is 6.32. The van der Waals surface area contributed by atoms with E-state index in [0.29, 0.717) is 77.1 Å². The third-order valence-corrected chi connectivity index (χ3v) is 14.7. The normalized spacial score (nSPS) is 14.9. The molecule has 0 unspecified atom stereocenters. The minimum absolute atomic E-state index is 0. The van der Waals surface area contributed by atoms with Gasteiger partial charge >= 0.3 is 27.2 Å². The lowest BCUT2D eigenvalue weighted by atomic mass is 9.77. The van der Waals surface area contributed by atoms with Crippen LogP contribution in [0.3, 0.4) is 0 Å². The van der Waals surface area contributed by atoms with E-state index < -0.39 is 97.2 Å². The fourth-order valence-electron chi connectivity index (χ4n) is 9.22. The number of hydrogen-bond acceptors (Lipinski definition) is 19. The lowest BCUT2D eigenvalue weighted by Crippen LogP contribution is -2.30. The Balaban J connectivity index is 0.00000307. The van der Waals surface area contributed by atoms with Crippen LogP contribution in [0.25, 0.3) is 0 Å². The number of carbonyl (C=O) groups is 5. The number of benzene rings is 2. The molecular formula is C49H68N2O21S5. The van der Waals surface area contributed by atoms with Gasteiger partial charge in [0.1, 0.15) is 6.54 Å². The van der Waals surface area contributed by atoms with Gasteiger partial charge in [-0.1, -0.05) is 41.2 Å². The molecular weight excluding hydrogens is 1110 g/mol. The summed E-state index contributed by atoms with van der Waals surface area (Å²) in [4.78, 5) is 68.2. The average Bonchev–Trinajstić information content (AvgIpc) is 3.61. The minimum atomic E-state index is -4.60. The first-order valence-electron chi connectivity index (χ1n) is 23.9. The number of carbonyl (C=O) groups excluding carboxylic acids is 4. The second-order valence-electron chi connectivity index (χ2n) is 18.9. The van der Waals surface area contributed by atoms with Crippen LogP contribution in [0, 0.1) is 0 Å². The Kier molecular flexibility index (Phi) is 27.1. The molecule has 2 aliphatic rings. The van der Waals surface area contributed by atoms with Crippen molar-refractivity contribution in [2.24, 2.45) is 0 Å². The molecule has 2 aliphatic heterocycles. The Morgan fingerprint density at radius 3 is 1.58 bits per heavy atom. The summed E-state index contributed by atoms with van der Waals surface area (Å²) in [6.45, 7) is 11.6. The minimum Gasteiger partial charge on any atom is -0.748 e. The molecule has 2 aromatic rings. The number of carboxylic acid groups (broad SMARTS) is 1. The molecule has 4 rings (SSSR count). The second kappa shape index (κ2) is 30.0. The van der Waals surface area contributed by atoms with Gasteiger partial charge in [0.2, 0.25) is 5.69 Å². The summed E-state index contributed by atoms with van der Waals surface area (Å²) >= 11 is 0. The van der Waals surface area contributed by atoms with Crippen molar-refractivity contribution in [2.45, 2.75) is 143 Å². The number of Topliss-reactive ketones (excluding diaryl/α,β-unsaturated/α-hetero) is 4. The van der Waals surface area contributed by atoms with Crippen LogP contribution in [-0.2, 0) is 67.2 Å². The lowest BCUT2D eigenvalue weighted by molar-refractivity contribution is -0.438. The van der Waals surface area contributed by atoms with Gasteiger partial charge in [-0.3, -0.25) is 33.1 Å². The standard InChI is InChI=1S/C48H64N2O15S3.CH4.2O3S/c1-7-16-38(51)32-28-34(40(53)17-8-2)45-37(30-32)50(24-15-27-68(63,64)65)43(48(45,5)6)21-12-20-42-47(3,4)46-35(41(54)19-14-26-67(60,61)62)29-33(39(52)18-13-25-66(57,58)59)31-36(46)49(42)23-11-9-10-22-44(55)56;;2*1-4(2)3/h12,20-21,28-31H,7-11,13-19,22-27H2,1-6H3,(H3-,55,56,57,58,59,60,61,62,63,64,65);1H4;;. The van der Waals surface area contributed by atoms with Crippen molar-refractivity contribution < 1.29 is 97.8 Å². The summed E-state index contributed by atoms with van der Waals surface area (Å²) in [5.74, 6) is -4.37. The highest BCUT2D eigenvalue weighted by Gasteiger charge is 2.48. The molecule has 0 saturated carbocycles. The van der Waals surface area contributed by atoms with Gasteiger partial charge in [0.15, 0.2) is 28.8 Å². The molecule has 2 aromatic carbocycles. The highest BCUT2D eigenvalue weighted by molar-refractivity contribution is 7.86. The Bertz CT molecular complexity index is 3190. The van der Waals surface area contributed by atoms with Crippen LogP contribution in [0.15, 0.2) is 48.2 Å². The Morgan fingerprint density at radius 2 is 1.09 bits per heavy atom. The Labute approximate surface area is 453 Å². The number of fused-ring (bicyclic) bond motifs is 2. The molecule has 0 spiro atoms. The summed E-state index contributed by atoms with van der Waals surface area (Å²) in [5, 5.41) is 9.29. The summed E-state index contributed by atoms with van der Waals surface area (Å²) < 4.78 is 153. The van der Waals surface area contributed by atoms with Gasteiger partial charge in [-0.25, -0.2) is 8.42 Å². The number of ketones is 4. The predicted molar refractivity (Wildman–Crippen MR) is 283 cm³/mol.